The Morgan fingerprint density at radius 2 is 2.06 bits per heavy atom. The van der Waals surface area contributed by atoms with Gasteiger partial charge in [-0.3, -0.25) is 4.79 Å². The number of fused-ring (bicyclic) bond motifs is 1. The number of hydrogen-bond donors (Lipinski definition) is 3. The molecule has 14 heteroatoms. The van der Waals surface area contributed by atoms with E-state index in [1.165, 1.54) is 18.3 Å². The molecule has 3 heterocycles. The van der Waals surface area contributed by atoms with Gasteiger partial charge in [-0.1, -0.05) is 0 Å². The topological polar surface area (TPSA) is 153 Å². The maximum Gasteiger partial charge on any atom is 0.276 e. The van der Waals surface area contributed by atoms with Gasteiger partial charge in [0.25, 0.3) is 22.0 Å². The quantitative estimate of drug-likeness (QED) is 0.361. The summed E-state index contributed by atoms with van der Waals surface area (Å²) in [5.74, 6) is -0.908. The van der Waals surface area contributed by atoms with Crippen LogP contribution in [0.4, 0.5) is 15.8 Å². The summed E-state index contributed by atoms with van der Waals surface area (Å²) in [6.07, 6.45) is 5.72. The molecule has 1 fully saturated rings. The van der Waals surface area contributed by atoms with E-state index in [-0.39, 0.29) is 29.9 Å². The zero-order valence-electron chi connectivity index (χ0n) is 19.0. The van der Waals surface area contributed by atoms with E-state index in [2.05, 4.69) is 20.0 Å². The van der Waals surface area contributed by atoms with Crippen molar-refractivity contribution in [3.05, 3.63) is 48.3 Å². The van der Waals surface area contributed by atoms with Gasteiger partial charge in [0.15, 0.2) is 0 Å². The highest BCUT2D eigenvalue weighted by molar-refractivity contribution is 7.87. The molecule has 12 nitrogen and oxygen atoms in total. The molecular formula is C21H26FN7O5S. The molecule has 1 aliphatic rings. The number of amides is 1. The number of aromatic nitrogens is 3. The van der Waals surface area contributed by atoms with Gasteiger partial charge >= 0.3 is 0 Å². The fraction of sp³-hybridized carbons (Fsp3) is 0.381. The lowest BCUT2D eigenvalue weighted by Gasteiger charge is -2.34. The molecule has 0 unspecified atom stereocenters. The number of hydrogen-bond acceptors (Lipinski definition) is 8. The zero-order valence-corrected chi connectivity index (χ0v) is 19.8. The van der Waals surface area contributed by atoms with E-state index in [0.717, 1.165) is 0 Å². The van der Waals surface area contributed by atoms with Crippen molar-refractivity contribution >= 4 is 33.1 Å². The van der Waals surface area contributed by atoms with Gasteiger partial charge in [-0.25, -0.2) is 19.5 Å². The summed E-state index contributed by atoms with van der Waals surface area (Å²) in [6.45, 7) is 1.53. The Morgan fingerprint density at radius 1 is 1.29 bits per heavy atom. The average Bonchev–Trinajstić information content (AvgIpc) is 3.28. The molecule has 0 radical (unpaired) electrons. The lowest BCUT2D eigenvalue weighted by Crippen LogP contribution is -2.46. The Kier molecular flexibility index (Phi) is 7.45. The molecule has 0 atom stereocenters. The van der Waals surface area contributed by atoms with Crippen molar-refractivity contribution < 1.29 is 27.1 Å². The molecule has 1 aliphatic heterocycles. The molecule has 0 aliphatic carbocycles. The molecule has 0 saturated carbocycles. The molecule has 1 aromatic carbocycles. The normalized spacial score (nSPS) is 14.9. The second-order valence-corrected chi connectivity index (χ2v) is 9.30. The first kappa shape index (κ1) is 24.8. The third kappa shape index (κ3) is 6.22. The van der Waals surface area contributed by atoms with Crippen LogP contribution >= 0.6 is 0 Å². The number of nitrogens with one attached hydrogen (secondary N) is 2. The van der Waals surface area contributed by atoms with E-state index in [4.69, 9.17) is 14.6 Å². The van der Waals surface area contributed by atoms with Crippen molar-refractivity contribution in [3.63, 3.8) is 0 Å². The SMILES string of the molecule is COCCOc1nc(C(=O)Nc2cc(F)ccc2N2CCC(NS(N)(=O)=O)CC2)cn2ccnc12. The van der Waals surface area contributed by atoms with E-state index in [0.29, 0.717) is 43.9 Å². The number of imidazole rings is 1. The van der Waals surface area contributed by atoms with Gasteiger partial charge in [0.05, 0.1) is 18.0 Å². The van der Waals surface area contributed by atoms with Crippen molar-refractivity contribution in [2.24, 2.45) is 5.14 Å². The van der Waals surface area contributed by atoms with Crippen LogP contribution in [0.3, 0.4) is 0 Å². The van der Waals surface area contributed by atoms with Gasteiger partial charge in [0, 0.05) is 44.8 Å². The van der Waals surface area contributed by atoms with Gasteiger partial charge in [0.2, 0.25) is 5.65 Å². The van der Waals surface area contributed by atoms with E-state index >= 15 is 0 Å². The first-order chi connectivity index (χ1) is 16.7. The summed E-state index contributed by atoms with van der Waals surface area (Å²) in [4.78, 5) is 23.5. The van der Waals surface area contributed by atoms with Crippen LogP contribution < -0.4 is 24.8 Å². The van der Waals surface area contributed by atoms with Gasteiger partial charge in [-0.15, -0.1) is 0 Å². The number of methoxy groups -OCH3 is 1. The number of anilines is 2. The fourth-order valence-corrected chi connectivity index (χ4v) is 4.57. The molecule has 0 bridgehead atoms. The summed E-state index contributed by atoms with van der Waals surface area (Å²) in [5, 5.41) is 7.80. The minimum Gasteiger partial charge on any atom is -0.473 e. The molecule has 35 heavy (non-hydrogen) atoms. The van der Waals surface area contributed by atoms with Crippen molar-refractivity contribution in [1.29, 1.82) is 0 Å². The lowest BCUT2D eigenvalue weighted by atomic mass is 10.0. The van der Waals surface area contributed by atoms with Crippen LogP contribution in [0, 0.1) is 5.82 Å². The van der Waals surface area contributed by atoms with Crippen LogP contribution in [0.1, 0.15) is 23.3 Å². The van der Waals surface area contributed by atoms with Crippen molar-refractivity contribution in [2.45, 2.75) is 18.9 Å². The minimum absolute atomic E-state index is 0.0502. The van der Waals surface area contributed by atoms with Crippen LogP contribution in [-0.4, -0.2) is 68.1 Å². The van der Waals surface area contributed by atoms with Crippen molar-refractivity contribution in [2.75, 3.05) is 43.6 Å². The Morgan fingerprint density at radius 3 is 2.77 bits per heavy atom. The Hall–Kier alpha value is -3.33. The summed E-state index contributed by atoms with van der Waals surface area (Å²) in [7, 11) is -2.25. The minimum atomic E-state index is -3.79. The van der Waals surface area contributed by atoms with Gasteiger partial charge < -0.3 is 24.1 Å². The number of carbonyl (C=O) groups is 1. The predicted octanol–water partition coefficient (Wildman–Crippen LogP) is 0.908. The summed E-state index contributed by atoms with van der Waals surface area (Å²) >= 11 is 0. The number of rotatable bonds is 9. The van der Waals surface area contributed by atoms with E-state index in [1.807, 2.05) is 4.90 Å². The van der Waals surface area contributed by atoms with E-state index in [9.17, 15) is 17.6 Å². The van der Waals surface area contributed by atoms with Crippen LogP contribution in [0.5, 0.6) is 5.88 Å². The third-order valence-electron chi connectivity index (χ3n) is 5.48. The number of halogens is 1. The Bertz CT molecular complexity index is 1310. The molecule has 0 spiro atoms. The second-order valence-electron chi connectivity index (χ2n) is 7.97. The summed E-state index contributed by atoms with van der Waals surface area (Å²) in [5.41, 5.74) is 1.37. The molecule has 1 amide bonds. The highest BCUT2D eigenvalue weighted by Gasteiger charge is 2.24. The maximum absolute atomic E-state index is 14.1. The van der Waals surface area contributed by atoms with Gasteiger partial charge in [-0.05, 0) is 31.0 Å². The monoisotopic (exact) mass is 507 g/mol. The second kappa shape index (κ2) is 10.5. The number of benzene rings is 1. The standard InChI is InChI=1S/C21H26FN7O5S/c1-33-10-11-34-21-19-24-6-9-29(19)13-17(26-21)20(30)25-16-12-14(22)2-3-18(16)28-7-4-15(5-8-28)27-35(23,31)32/h2-3,6,9,12-13,15,27H,4-5,7-8,10-11H2,1H3,(H,25,30)(H2,23,31,32). The molecule has 4 N–H and O–H groups in total. The Balaban J connectivity index is 1.53. The van der Waals surface area contributed by atoms with Gasteiger partial charge in [0.1, 0.15) is 18.1 Å². The van der Waals surface area contributed by atoms with Crippen LogP contribution in [0.2, 0.25) is 0 Å². The van der Waals surface area contributed by atoms with Crippen LogP contribution in [0.25, 0.3) is 5.65 Å². The Labute approximate surface area is 201 Å². The maximum atomic E-state index is 14.1. The first-order valence-corrected chi connectivity index (χ1v) is 12.4. The number of nitrogens with zero attached hydrogens (tertiary/aromatic N) is 4. The van der Waals surface area contributed by atoms with E-state index in [1.54, 1.807) is 30.0 Å². The molecule has 2 aromatic heterocycles. The van der Waals surface area contributed by atoms with Crippen molar-refractivity contribution in [3.8, 4) is 5.88 Å². The fourth-order valence-electron chi connectivity index (χ4n) is 3.87. The molecular weight excluding hydrogens is 481 g/mol. The number of piperidine rings is 1. The molecule has 4 rings (SSSR count). The predicted molar refractivity (Wildman–Crippen MR) is 126 cm³/mol. The van der Waals surface area contributed by atoms with Gasteiger partial charge in [-0.2, -0.15) is 13.1 Å². The molecule has 1 saturated heterocycles. The van der Waals surface area contributed by atoms with Crippen LogP contribution in [0.15, 0.2) is 36.8 Å². The number of ether oxygens (including phenoxy) is 2. The lowest BCUT2D eigenvalue weighted by molar-refractivity contribution is 0.101. The van der Waals surface area contributed by atoms with E-state index < -0.39 is 21.9 Å². The first-order valence-electron chi connectivity index (χ1n) is 10.8. The smallest absolute Gasteiger partial charge is 0.276 e. The molecule has 3 aromatic rings. The zero-order chi connectivity index (χ0) is 25.0. The van der Waals surface area contributed by atoms with Crippen LogP contribution in [-0.2, 0) is 14.9 Å². The summed E-state index contributed by atoms with van der Waals surface area (Å²) < 4.78 is 51.3. The molecule has 188 valence electrons. The number of nitrogens with two attached hydrogens (primary N) is 1. The largest absolute Gasteiger partial charge is 0.473 e. The van der Waals surface area contributed by atoms with Crippen molar-refractivity contribution in [1.82, 2.24) is 19.1 Å². The average molecular weight is 508 g/mol. The summed E-state index contributed by atoms with van der Waals surface area (Å²) in [6, 6.07) is 3.82. The highest BCUT2D eigenvalue weighted by Crippen LogP contribution is 2.30. The third-order valence-corrected chi connectivity index (χ3v) is 6.14. The number of carbonyl (C=O) groups excluding carboxylic acids is 1. The highest BCUT2D eigenvalue weighted by atomic mass is 32.2.